The van der Waals surface area contributed by atoms with Gasteiger partial charge in [0.25, 0.3) is 5.91 Å². The molecule has 2 heterocycles. The summed E-state index contributed by atoms with van der Waals surface area (Å²) >= 11 is 1.65. The number of rotatable bonds is 5. The van der Waals surface area contributed by atoms with Crippen molar-refractivity contribution in [1.82, 2.24) is 10.3 Å². The van der Waals surface area contributed by atoms with Gasteiger partial charge in [-0.15, -0.1) is 11.8 Å². The zero-order valence-corrected chi connectivity index (χ0v) is 15.0. The Hall–Kier alpha value is -2.54. The van der Waals surface area contributed by atoms with E-state index < -0.39 is 0 Å². The third-order valence-corrected chi connectivity index (χ3v) is 4.72. The molecule has 1 aromatic heterocycles. The highest BCUT2D eigenvalue weighted by Gasteiger charge is 2.23. The fourth-order valence-electron chi connectivity index (χ4n) is 2.69. The van der Waals surface area contributed by atoms with Crippen molar-refractivity contribution < 1.29 is 9.59 Å². The first-order valence-corrected chi connectivity index (χ1v) is 9.13. The lowest BCUT2D eigenvalue weighted by Gasteiger charge is -2.17. The standard InChI is InChI=1S/C18H20N4O2S/c1-3-25-16-7-5-14(11-20-16)21-17(23)13-4-6-15(12(2)10-13)22-9-8-19-18(22)24/h4-7,10-11H,3,8-9H2,1-2H3,(H,19,24)(H,21,23). The molecule has 0 atom stereocenters. The van der Waals surface area contributed by atoms with Crippen LogP contribution in [-0.4, -0.2) is 35.8 Å². The molecule has 7 heteroatoms. The van der Waals surface area contributed by atoms with E-state index in [-0.39, 0.29) is 11.9 Å². The van der Waals surface area contributed by atoms with Crippen LogP contribution in [-0.2, 0) is 0 Å². The maximum absolute atomic E-state index is 12.4. The Morgan fingerprint density at radius 2 is 2.20 bits per heavy atom. The summed E-state index contributed by atoms with van der Waals surface area (Å²) in [6.07, 6.45) is 1.66. The second-order valence-electron chi connectivity index (χ2n) is 5.66. The van der Waals surface area contributed by atoms with Gasteiger partial charge in [0, 0.05) is 24.3 Å². The van der Waals surface area contributed by atoms with Gasteiger partial charge < -0.3 is 10.6 Å². The number of anilines is 2. The highest BCUT2D eigenvalue weighted by atomic mass is 32.2. The highest BCUT2D eigenvalue weighted by Crippen LogP contribution is 2.23. The number of nitrogens with one attached hydrogen (secondary N) is 2. The summed E-state index contributed by atoms with van der Waals surface area (Å²) in [4.78, 5) is 30.2. The van der Waals surface area contributed by atoms with Crippen LogP contribution in [0, 0.1) is 6.92 Å². The second kappa shape index (κ2) is 7.57. The number of benzene rings is 1. The van der Waals surface area contributed by atoms with E-state index in [1.165, 1.54) is 0 Å². The molecule has 3 rings (SSSR count). The van der Waals surface area contributed by atoms with Crippen molar-refractivity contribution in [3.63, 3.8) is 0 Å². The van der Waals surface area contributed by atoms with Gasteiger partial charge in [0.2, 0.25) is 0 Å². The van der Waals surface area contributed by atoms with Gasteiger partial charge in [0.1, 0.15) is 0 Å². The highest BCUT2D eigenvalue weighted by molar-refractivity contribution is 7.99. The van der Waals surface area contributed by atoms with Gasteiger partial charge in [-0.1, -0.05) is 6.92 Å². The van der Waals surface area contributed by atoms with Gasteiger partial charge in [-0.3, -0.25) is 9.69 Å². The Morgan fingerprint density at radius 1 is 1.36 bits per heavy atom. The van der Waals surface area contributed by atoms with E-state index in [1.54, 1.807) is 35.0 Å². The fourth-order valence-corrected chi connectivity index (χ4v) is 3.28. The maximum Gasteiger partial charge on any atom is 0.322 e. The molecule has 2 N–H and O–H groups in total. The van der Waals surface area contributed by atoms with Crippen molar-refractivity contribution in [3.8, 4) is 0 Å². The zero-order valence-electron chi connectivity index (χ0n) is 14.2. The molecule has 2 aromatic rings. The summed E-state index contributed by atoms with van der Waals surface area (Å²) in [5.74, 6) is 0.762. The van der Waals surface area contributed by atoms with Crippen molar-refractivity contribution in [1.29, 1.82) is 0 Å². The predicted molar refractivity (Wildman–Crippen MR) is 101 cm³/mol. The van der Waals surface area contributed by atoms with Crippen LogP contribution in [0.1, 0.15) is 22.8 Å². The van der Waals surface area contributed by atoms with E-state index in [0.717, 1.165) is 22.0 Å². The van der Waals surface area contributed by atoms with E-state index in [0.29, 0.717) is 24.3 Å². The number of aryl methyl sites for hydroxylation is 1. The number of aromatic nitrogens is 1. The third kappa shape index (κ3) is 3.93. The molecular weight excluding hydrogens is 336 g/mol. The van der Waals surface area contributed by atoms with E-state index in [2.05, 4.69) is 22.5 Å². The first kappa shape index (κ1) is 17.3. The van der Waals surface area contributed by atoms with Crippen LogP contribution in [0.3, 0.4) is 0 Å². The molecule has 0 saturated carbocycles. The van der Waals surface area contributed by atoms with Crippen molar-refractivity contribution in [2.24, 2.45) is 0 Å². The smallest absolute Gasteiger partial charge is 0.322 e. The Balaban J connectivity index is 1.72. The van der Waals surface area contributed by atoms with Gasteiger partial charge in [0.15, 0.2) is 0 Å². The van der Waals surface area contributed by atoms with Gasteiger partial charge >= 0.3 is 6.03 Å². The average Bonchev–Trinajstić information content (AvgIpc) is 3.02. The molecule has 0 radical (unpaired) electrons. The van der Waals surface area contributed by atoms with Crippen LogP contribution in [0.2, 0.25) is 0 Å². The van der Waals surface area contributed by atoms with E-state index in [4.69, 9.17) is 0 Å². The van der Waals surface area contributed by atoms with Crippen molar-refractivity contribution >= 4 is 35.1 Å². The zero-order chi connectivity index (χ0) is 17.8. The summed E-state index contributed by atoms with van der Waals surface area (Å²) < 4.78 is 0. The number of hydrogen-bond acceptors (Lipinski definition) is 4. The first-order valence-electron chi connectivity index (χ1n) is 8.14. The third-order valence-electron chi connectivity index (χ3n) is 3.89. The largest absolute Gasteiger partial charge is 0.336 e. The van der Waals surface area contributed by atoms with Crippen LogP contribution in [0.5, 0.6) is 0 Å². The number of carbonyl (C=O) groups is 2. The summed E-state index contributed by atoms with van der Waals surface area (Å²) in [6.45, 7) is 5.24. The number of thioether (sulfide) groups is 1. The first-order chi connectivity index (χ1) is 12.1. The van der Waals surface area contributed by atoms with Crippen molar-refractivity contribution in [3.05, 3.63) is 47.7 Å². The number of nitrogens with zero attached hydrogens (tertiary/aromatic N) is 2. The quantitative estimate of drug-likeness (QED) is 0.806. The Bertz CT molecular complexity index is 792. The SMILES string of the molecule is CCSc1ccc(NC(=O)c2ccc(N3CCNC3=O)c(C)c2)cn1. The molecular formula is C18H20N4O2S. The van der Waals surface area contributed by atoms with Gasteiger partial charge in [-0.2, -0.15) is 0 Å². The van der Waals surface area contributed by atoms with E-state index in [9.17, 15) is 9.59 Å². The van der Waals surface area contributed by atoms with E-state index >= 15 is 0 Å². The Morgan fingerprint density at radius 3 is 2.80 bits per heavy atom. The normalized spacial score (nSPS) is 13.7. The molecule has 130 valence electrons. The summed E-state index contributed by atoms with van der Waals surface area (Å²) in [5, 5.41) is 6.56. The van der Waals surface area contributed by atoms with Crippen LogP contribution in [0.25, 0.3) is 0 Å². The molecule has 0 unspecified atom stereocenters. The Kier molecular flexibility index (Phi) is 5.23. The number of pyridine rings is 1. The molecule has 0 bridgehead atoms. The lowest BCUT2D eigenvalue weighted by molar-refractivity contribution is 0.102. The topological polar surface area (TPSA) is 74.3 Å². The van der Waals surface area contributed by atoms with Crippen molar-refractivity contribution in [2.45, 2.75) is 18.9 Å². The minimum Gasteiger partial charge on any atom is -0.336 e. The minimum atomic E-state index is -0.196. The molecule has 1 saturated heterocycles. The summed E-state index contributed by atoms with van der Waals surface area (Å²) in [6, 6.07) is 8.98. The monoisotopic (exact) mass is 356 g/mol. The number of hydrogen-bond donors (Lipinski definition) is 2. The number of carbonyl (C=O) groups excluding carboxylic acids is 2. The predicted octanol–water partition coefficient (Wildman–Crippen LogP) is 3.28. The fraction of sp³-hybridized carbons (Fsp3) is 0.278. The van der Waals surface area contributed by atoms with Gasteiger partial charge in [-0.05, 0) is 48.6 Å². The molecule has 1 fully saturated rings. The molecule has 0 aliphatic carbocycles. The van der Waals surface area contributed by atoms with Gasteiger partial charge in [0.05, 0.1) is 16.9 Å². The average molecular weight is 356 g/mol. The van der Waals surface area contributed by atoms with Crippen molar-refractivity contribution in [2.75, 3.05) is 29.1 Å². The number of amides is 3. The molecule has 25 heavy (non-hydrogen) atoms. The van der Waals surface area contributed by atoms with E-state index in [1.807, 2.05) is 25.1 Å². The lowest BCUT2D eigenvalue weighted by Crippen LogP contribution is -2.28. The molecule has 6 nitrogen and oxygen atoms in total. The second-order valence-corrected chi connectivity index (χ2v) is 6.94. The van der Waals surface area contributed by atoms with Crippen LogP contribution < -0.4 is 15.5 Å². The minimum absolute atomic E-state index is 0.101. The number of urea groups is 1. The lowest BCUT2D eigenvalue weighted by atomic mass is 10.1. The Labute approximate surface area is 151 Å². The van der Waals surface area contributed by atoms with Crippen LogP contribution in [0.15, 0.2) is 41.6 Å². The molecule has 1 aromatic carbocycles. The summed E-state index contributed by atoms with van der Waals surface area (Å²) in [7, 11) is 0. The van der Waals surface area contributed by atoms with Crippen LogP contribution >= 0.6 is 11.8 Å². The molecule has 1 aliphatic heterocycles. The van der Waals surface area contributed by atoms with Gasteiger partial charge in [-0.25, -0.2) is 9.78 Å². The summed E-state index contributed by atoms with van der Waals surface area (Å²) in [5.41, 5.74) is 2.92. The molecule has 3 amide bonds. The van der Waals surface area contributed by atoms with Crippen LogP contribution in [0.4, 0.5) is 16.2 Å². The maximum atomic E-state index is 12.4. The molecule has 0 spiro atoms. The molecule has 1 aliphatic rings.